The highest BCUT2D eigenvalue weighted by Crippen LogP contribution is 2.34. The van der Waals surface area contributed by atoms with E-state index in [9.17, 15) is 4.79 Å². The van der Waals surface area contributed by atoms with Gasteiger partial charge in [0.15, 0.2) is 0 Å². The molecule has 1 aromatic carbocycles. The Hall–Kier alpha value is -2.21. The highest BCUT2D eigenvalue weighted by atomic mass is 32.1. The molecule has 0 bridgehead atoms. The fourth-order valence-corrected chi connectivity index (χ4v) is 3.93. The van der Waals surface area contributed by atoms with Gasteiger partial charge in [-0.1, -0.05) is 6.07 Å². The molecular weight excluding hydrogens is 324 g/mol. The van der Waals surface area contributed by atoms with Gasteiger partial charge in [-0.25, -0.2) is 0 Å². The van der Waals surface area contributed by atoms with Gasteiger partial charge in [0.05, 0.1) is 32.5 Å². The molecule has 0 saturated carbocycles. The molecule has 1 atom stereocenters. The molecule has 1 N–H and O–H groups in total. The first-order valence-corrected chi connectivity index (χ1v) is 8.89. The maximum absolute atomic E-state index is 12.6. The smallest absolute Gasteiger partial charge is 0.242 e. The second-order valence-electron chi connectivity index (χ2n) is 5.68. The number of nitrogens with zero attached hydrogens (tertiary/aromatic N) is 1. The molecule has 0 aliphatic carbocycles. The first-order valence-electron chi connectivity index (χ1n) is 8.01. The maximum atomic E-state index is 12.6. The van der Waals surface area contributed by atoms with Crippen LogP contribution >= 0.6 is 11.3 Å². The lowest BCUT2D eigenvalue weighted by Crippen LogP contribution is -2.34. The third-order valence-electron chi connectivity index (χ3n) is 4.28. The number of likely N-dealkylation sites (tertiary alicyclic amines) is 1. The van der Waals surface area contributed by atoms with Crippen LogP contribution < -0.4 is 14.8 Å². The monoisotopic (exact) mass is 346 g/mol. The SMILES string of the molecule is COc1ccc(NCC(=O)N2CCC[C@@H]2c2cccs2)c(OC)c1. The van der Waals surface area contributed by atoms with E-state index in [2.05, 4.69) is 16.8 Å². The second-order valence-corrected chi connectivity index (χ2v) is 6.66. The van der Waals surface area contributed by atoms with E-state index in [4.69, 9.17) is 9.47 Å². The number of benzene rings is 1. The van der Waals surface area contributed by atoms with Crippen molar-refractivity contribution < 1.29 is 14.3 Å². The minimum absolute atomic E-state index is 0.115. The maximum Gasteiger partial charge on any atom is 0.242 e. The zero-order valence-electron chi connectivity index (χ0n) is 14.0. The van der Waals surface area contributed by atoms with Crippen molar-refractivity contribution in [2.45, 2.75) is 18.9 Å². The van der Waals surface area contributed by atoms with Crippen LogP contribution in [0, 0.1) is 0 Å². The summed E-state index contributed by atoms with van der Waals surface area (Å²) in [6.07, 6.45) is 2.10. The van der Waals surface area contributed by atoms with E-state index in [1.807, 2.05) is 23.1 Å². The fraction of sp³-hybridized carbons (Fsp3) is 0.389. The molecular formula is C18H22N2O3S. The van der Waals surface area contributed by atoms with Crippen LogP contribution in [-0.4, -0.2) is 38.1 Å². The Labute approximate surface area is 146 Å². The normalized spacial score (nSPS) is 16.9. The second kappa shape index (κ2) is 7.57. The molecule has 6 heteroatoms. The minimum Gasteiger partial charge on any atom is -0.497 e. The van der Waals surface area contributed by atoms with Crippen LogP contribution in [0.15, 0.2) is 35.7 Å². The molecule has 128 valence electrons. The highest BCUT2D eigenvalue weighted by molar-refractivity contribution is 7.10. The number of anilines is 1. The molecule has 1 aliphatic rings. The predicted molar refractivity (Wildman–Crippen MR) is 96.0 cm³/mol. The molecule has 1 aliphatic heterocycles. The number of thiophene rings is 1. The zero-order valence-corrected chi connectivity index (χ0v) is 14.8. The molecule has 24 heavy (non-hydrogen) atoms. The molecule has 1 saturated heterocycles. The zero-order chi connectivity index (χ0) is 16.9. The van der Waals surface area contributed by atoms with Crippen LogP contribution in [0.25, 0.3) is 0 Å². The summed E-state index contributed by atoms with van der Waals surface area (Å²) in [6.45, 7) is 1.08. The molecule has 1 fully saturated rings. The third kappa shape index (κ3) is 3.48. The molecule has 0 unspecified atom stereocenters. The van der Waals surface area contributed by atoms with Gasteiger partial charge in [-0.3, -0.25) is 4.79 Å². The van der Waals surface area contributed by atoms with E-state index >= 15 is 0 Å². The van der Waals surface area contributed by atoms with Crippen LogP contribution in [-0.2, 0) is 4.79 Å². The number of carbonyl (C=O) groups excluding carboxylic acids is 1. The van der Waals surface area contributed by atoms with Crippen LogP contribution in [0.1, 0.15) is 23.8 Å². The highest BCUT2D eigenvalue weighted by Gasteiger charge is 2.30. The van der Waals surface area contributed by atoms with Crippen molar-refractivity contribution in [2.75, 3.05) is 32.6 Å². The summed E-state index contributed by atoms with van der Waals surface area (Å²) in [7, 11) is 3.22. The number of methoxy groups -OCH3 is 2. The number of ether oxygens (including phenoxy) is 2. The van der Waals surface area contributed by atoms with E-state index in [0.29, 0.717) is 5.75 Å². The van der Waals surface area contributed by atoms with Gasteiger partial charge in [0, 0.05) is 17.5 Å². The Morgan fingerprint density at radius 2 is 2.21 bits per heavy atom. The number of carbonyl (C=O) groups is 1. The Balaban J connectivity index is 1.65. The Kier molecular flexibility index (Phi) is 5.25. The average molecular weight is 346 g/mol. The van der Waals surface area contributed by atoms with Crippen LogP contribution in [0.4, 0.5) is 5.69 Å². The van der Waals surface area contributed by atoms with Gasteiger partial charge in [0.2, 0.25) is 5.91 Å². The lowest BCUT2D eigenvalue weighted by atomic mass is 10.2. The molecule has 3 rings (SSSR count). The minimum atomic E-state index is 0.115. The lowest BCUT2D eigenvalue weighted by Gasteiger charge is -2.24. The van der Waals surface area contributed by atoms with Gasteiger partial charge < -0.3 is 19.7 Å². The number of hydrogen-bond donors (Lipinski definition) is 1. The van der Waals surface area contributed by atoms with Crippen LogP contribution in [0.2, 0.25) is 0 Å². The van der Waals surface area contributed by atoms with Gasteiger partial charge in [-0.05, 0) is 36.4 Å². The quantitative estimate of drug-likeness (QED) is 0.869. The fourth-order valence-electron chi connectivity index (χ4n) is 3.06. The summed E-state index contributed by atoms with van der Waals surface area (Å²) >= 11 is 1.72. The summed E-state index contributed by atoms with van der Waals surface area (Å²) in [4.78, 5) is 15.9. The Morgan fingerprint density at radius 1 is 1.33 bits per heavy atom. The first-order chi connectivity index (χ1) is 11.7. The Bertz CT molecular complexity index is 688. The van der Waals surface area contributed by atoms with E-state index in [-0.39, 0.29) is 18.5 Å². The number of amides is 1. The molecule has 5 nitrogen and oxygen atoms in total. The van der Waals surface area contributed by atoms with Crippen LogP contribution in [0.5, 0.6) is 11.5 Å². The van der Waals surface area contributed by atoms with E-state index in [1.54, 1.807) is 31.6 Å². The van der Waals surface area contributed by atoms with Gasteiger partial charge in [-0.2, -0.15) is 0 Å². The first kappa shape index (κ1) is 16.6. The van der Waals surface area contributed by atoms with Gasteiger partial charge >= 0.3 is 0 Å². The van der Waals surface area contributed by atoms with Crippen molar-refractivity contribution in [3.63, 3.8) is 0 Å². The number of hydrogen-bond acceptors (Lipinski definition) is 5. The van der Waals surface area contributed by atoms with Crippen molar-refractivity contribution in [1.29, 1.82) is 0 Å². The molecule has 0 spiro atoms. The molecule has 1 aromatic heterocycles. The number of nitrogens with one attached hydrogen (secondary N) is 1. The summed E-state index contributed by atoms with van der Waals surface area (Å²) in [5.41, 5.74) is 0.790. The van der Waals surface area contributed by atoms with Crippen LogP contribution in [0.3, 0.4) is 0 Å². The van der Waals surface area contributed by atoms with E-state index < -0.39 is 0 Å². The van der Waals surface area contributed by atoms with E-state index in [1.165, 1.54) is 4.88 Å². The number of rotatable bonds is 6. The third-order valence-corrected chi connectivity index (χ3v) is 5.26. The lowest BCUT2D eigenvalue weighted by molar-refractivity contribution is -0.130. The molecule has 2 aromatic rings. The summed E-state index contributed by atoms with van der Waals surface area (Å²) < 4.78 is 10.6. The largest absolute Gasteiger partial charge is 0.497 e. The average Bonchev–Trinajstić information content (AvgIpc) is 3.30. The van der Waals surface area contributed by atoms with Gasteiger partial charge in [0.25, 0.3) is 0 Å². The predicted octanol–water partition coefficient (Wildman–Crippen LogP) is 3.54. The van der Waals surface area contributed by atoms with Crippen molar-refractivity contribution in [3.8, 4) is 11.5 Å². The molecule has 2 heterocycles. The van der Waals surface area contributed by atoms with Gasteiger partial charge in [-0.15, -0.1) is 11.3 Å². The standard InChI is InChI=1S/C18H22N2O3S/c1-22-13-7-8-14(16(11-13)23-2)19-12-18(21)20-9-3-5-15(20)17-6-4-10-24-17/h4,6-8,10-11,15,19H,3,5,9,12H2,1-2H3/t15-/m1/s1. The Morgan fingerprint density at radius 3 is 2.92 bits per heavy atom. The molecule has 0 radical (unpaired) electrons. The molecule has 1 amide bonds. The van der Waals surface area contributed by atoms with E-state index in [0.717, 1.165) is 30.8 Å². The summed E-state index contributed by atoms with van der Waals surface area (Å²) in [5.74, 6) is 1.50. The van der Waals surface area contributed by atoms with Crippen molar-refractivity contribution >= 4 is 22.9 Å². The summed E-state index contributed by atoms with van der Waals surface area (Å²) in [6, 6.07) is 9.89. The van der Waals surface area contributed by atoms with Crippen molar-refractivity contribution in [1.82, 2.24) is 4.90 Å². The van der Waals surface area contributed by atoms with Crippen molar-refractivity contribution in [3.05, 3.63) is 40.6 Å². The van der Waals surface area contributed by atoms with Crippen molar-refractivity contribution in [2.24, 2.45) is 0 Å². The topological polar surface area (TPSA) is 50.8 Å². The summed E-state index contributed by atoms with van der Waals surface area (Å²) in [5, 5.41) is 5.26. The van der Waals surface area contributed by atoms with Gasteiger partial charge in [0.1, 0.15) is 11.5 Å².